The molecule has 3 atom stereocenters. The maximum absolute atomic E-state index is 10.0. The van der Waals surface area contributed by atoms with E-state index >= 15 is 0 Å². The summed E-state index contributed by atoms with van der Waals surface area (Å²) in [7, 11) is 0. The Bertz CT molecular complexity index is 542. The summed E-state index contributed by atoms with van der Waals surface area (Å²) in [6.45, 7) is 5.50. The average Bonchev–Trinajstić information content (AvgIpc) is 3.15. The van der Waals surface area contributed by atoms with Crippen LogP contribution in [0.3, 0.4) is 0 Å². The summed E-state index contributed by atoms with van der Waals surface area (Å²) in [4.78, 5) is 5.23. The summed E-state index contributed by atoms with van der Waals surface area (Å²) < 4.78 is 1.04. The van der Waals surface area contributed by atoms with Crippen LogP contribution in [-0.2, 0) is 6.54 Å². The minimum Gasteiger partial charge on any atom is -0.508 e. The minimum atomic E-state index is 0.415. The number of rotatable bonds is 3. The molecule has 1 saturated heterocycles. The third kappa shape index (κ3) is 2.93. The Balaban J connectivity index is 1.33. The lowest BCUT2D eigenvalue weighted by Crippen LogP contribution is -2.51. The van der Waals surface area contributed by atoms with Gasteiger partial charge in [0.1, 0.15) is 5.75 Å². The van der Waals surface area contributed by atoms with Crippen molar-refractivity contribution in [1.29, 1.82) is 0 Å². The number of halogens is 1. The highest BCUT2D eigenvalue weighted by Crippen LogP contribution is 2.46. The Morgan fingerprint density at radius 2 is 1.91 bits per heavy atom. The topological polar surface area (TPSA) is 26.7 Å². The molecule has 3 aliphatic rings. The maximum Gasteiger partial charge on any atom is 0.120 e. The molecule has 1 N–H and O–H groups in total. The third-order valence-corrected chi connectivity index (χ3v) is 6.51. The monoisotopic (exact) mass is 364 g/mol. The number of hydrogen-bond acceptors (Lipinski definition) is 3. The maximum atomic E-state index is 10.0. The van der Waals surface area contributed by atoms with Crippen molar-refractivity contribution >= 4 is 15.9 Å². The Morgan fingerprint density at radius 3 is 2.59 bits per heavy atom. The summed E-state index contributed by atoms with van der Waals surface area (Å²) in [5.74, 6) is 2.44. The number of aromatic hydroxyl groups is 1. The standard InChI is InChI=1S/C18H25BrN2O/c19-16-3-4-18(22)15(11-16)12-20-5-7-21(8-6-20)17-10-13-1-2-14(17)9-13/h3-4,11,13-14,17,22H,1-2,5-10,12H2/t13-,14-,17-/m0/s1. The van der Waals surface area contributed by atoms with E-state index in [0.717, 1.165) is 47.5 Å². The van der Waals surface area contributed by atoms with E-state index in [1.54, 1.807) is 6.07 Å². The molecule has 2 saturated carbocycles. The van der Waals surface area contributed by atoms with Gasteiger partial charge >= 0.3 is 0 Å². The number of fused-ring (bicyclic) bond motifs is 2. The lowest BCUT2D eigenvalue weighted by atomic mass is 9.93. The van der Waals surface area contributed by atoms with Gasteiger partial charge < -0.3 is 5.11 Å². The highest BCUT2D eigenvalue weighted by atomic mass is 79.9. The minimum absolute atomic E-state index is 0.415. The molecule has 1 heterocycles. The normalized spacial score (nSPS) is 32.7. The highest BCUT2D eigenvalue weighted by molar-refractivity contribution is 9.10. The highest BCUT2D eigenvalue weighted by Gasteiger charge is 2.42. The molecular formula is C18H25BrN2O. The Morgan fingerprint density at radius 1 is 1.09 bits per heavy atom. The summed E-state index contributed by atoms with van der Waals surface area (Å²) in [6.07, 6.45) is 5.92. The van der Waals surface area contributed by atoms with Gasteiger partial charge in [0.2, 0.25) is 0 Å². The van der Waals surface area contributed by atoms with Crippen molar-refractivity contribution in [2.45, 2.75) is 38.3 Å². The van der Waals surface area contributed by atoms with Gasteiger partial charge in [0, 0.05) is 48.8 Å². The van der Waals surface area contributed by atoms with Crippen molar-refractivity contribution in [2.75, 3.05) is 26.2 Å². The molecule has 120 valence electrons. The zero-order chi connectivity index (χ0) is 15.1. The SMILES string of the molecule is Oc1ccc(Br)cc1CN1CCN([C@H]2C[C@H]3CC[C@H]2C3)CC1. The fourth-order valence-corrected chi connectivity index (χ4v) is 5.24. The van der Waals surface area contributed by atoms with Crippen LogP contribution in [0.25, 0.3) is 0 Å². The fraction of sp³-hybridized carbons (Fsp3) is 0.667. The zero-order valence-corrected chi connectivity index (χ0v) is 14.6. The molecule has 1 aliphatic heterocycles. The lowest BCUT2D eigenvalue weighted by molar-refractivity contribution is 0.0676. The van der Waals surface area contributed by atoms with Crippen molar-refractivity contribution in [3.8, 4) is 5.75 Å². The van der Waals surface area contributed by atoms with E-state index in [1.807, 2.05) is 12.1 Å². The molecule has 2 bridgehead atoms. The molecule has 0 spiro atoms. The van der Waals surface area contributed by atoms with Gasteiger partial charge in [-0.05, 0) is 49.3 Å². The van der Waals surface area contributed by atoms with Crippen molar-refractivity contribution in [1.82, 2.24) is 9.80 Å². The van der Waals surface area contributed by atoms with E-state index < -0.39 is 0 Å². The summed E-state index contributed by atoms with van der Waals surface area (Å²) in [5, 5.41) is 10.0. The predicted octanol–water partition coefficient (Wildman–Crippen LogP) is 3.46. The Hall–Kier alpha value is -0.580. The second-order valence-corrected chi connectivity index (χ2v) is 8.24. The van der Waals surface area contributed by atoms with Gasteiger partial charge in [-0.2, -0.15) is 0 Å². The van der Waals surface area contributed by atoms with Gasteiger partial charge in [0.15, 0.2) is 0 Å². The van der Waals surface area contributed by atoms with Crippen LogP contribution >= 0.6 is 15.9 Å². The number of nitrogens with zero attached hydrogens (tertiary/aromatic N) is 2. The molecule has 0 unspecified atom stereocenters. The largest absolute Gasteiger partial charge is 0.508 e. The van der Waals surface area contributed by atoms with Crippen LogP contribution < -0.4 is 0 Å². The number of benzene rings is 1. The molecule has 3 nitrogen and oxygen atoms in total. The van der Waals surface area contributed by atoms with Crippen LogP contribution in [0.2, 0.25) is 0 Å². The Labute approximate surface area is 141 Å². The second-order valence-electron chi connectivity index (χ2n) is 7.33. The van der Waals surface area contributed by atoms with Crippen LogP contribution in [0.4, 0.5) is 0 Å². The van der Waals surface area contributed by atoms with Crippen molar-refractivity contribution < 1.29 is 5.11 Å². The van der Waals surface area contributed by atoms with Crippen LogP contribution in [0.15, 0.2) is 22.7 Å². The zero-order valence-electron chi connectivity index (χ0n) is 13.0. The summed E-state index contributed by atoms with van der Waals surface area (Å²) in [6, 6.07) is 6.59. The molecule has 2 aliphatic carbocycles. The van der Waals surface area contributed by atoms with Gasteiger partial charge in [-0.15, -0.1) is 0 Å². The lowest BCUT2D eigenvalue weighted by Gasteiger charge is -2.41. The van der Waals surface area contributed by atoms with E-state index in [1.165, 1.54) is 38.8 Å². The molecular weight excluding hydrogens is 340 g/mol. The van der Waals surface area contributed by atoms with Crippen LogP contribution in [-0.4, -0.2) is 47.1 Å². The molecule has 4 heteroatoms. The first-order valence-corrected chi connectivity index (χ1v) is 9.42. The summed E-state index contributed by atoms with van der Waals surface area (Å²) >= 11 is 3.50. The first kappa shape index (κ1) is 15.0. The molecule has 0 amide bonds. The van der Waals surface area contributed by atoms with E-state index in [9.17, 15) is 5.11 Å². The van der Waals surface area contributed by atoms with Gasteiger partial charge in [0.05, 0.1) is 0 Å². The summed E-state index contributed by atoms with van der Waals surface area (Å²) in [5.41, 5.74) is 1.03. The third-order valence-electron chi connectivity index (χ3n) is 6.01. The van der Waals surface area contributed by atoms with Gasteiger partial charge in [-0.1, -0.05) is 22.4 Å². The van der Waals surface area contributed by atoms with Gasteiger partial charge in [-0.3, -0.25) is 9.80 Å². The van der Waals surface area contributed by atoms with Gasteiger partial charge in [0.25, 0.3) is 0 Å². The van der Waals surface area contributed by atoms with Crippen LogP contribution in [0, 0.1) is 11.8 Å². The number of phenols is 1. The predicted molar refractivity (Wildman–Crippen MR) is 91.9 cm³/mol. The molecule has 1 aromatic rings. The van der Waals surface area contributed by atoms with E-state index in [4.69, 9.17) is 0 Å². The molecule has 0 aromatic heterocycles. The second kappa shape index (κ2) is 6.14. The first-order chi connectivity index (χ1) is 10.7. The first-order valence-electron chi connectivity index (χ1n) is 8.63. The van der Waals surface area contributed by atoms with Crippen molar-refractivity contribution in [2.24, 2.45) is 11.8 Å². The van der Waals surface area contributed by atoms with E-state index in [0.29, 0.717) is 5.75 Å². The fourth-order valence-electron chi connectivity index (χ4n) is 4.83. The Kier molecular flexibility index (Phi) is 4.18. The number of hydrogen-bond donors (Lipinski definition) is 1. The van der Waals surface area contributed by atoms with E-state index in [2.05, 4.69) is 25.7 Å². The van der Waals surface area contributed by atoms with Crippen LogP contribution in [0.5, 0.6) is 5.75 Å². The van der Waals surface area contributed by atoms with Crippen molar-refractivity contribution in [3.63, 3.8) is 0 Å². The molecule has 4 rings (SSSR count). The molecule has 1 aromatic carbocycles. The molecule has 0 radical (unpaired) electrons. The average molecular weight is 365 g/mol. The quantitative estimate of drug-likeness (QED) is 0.889. The number of phenolic OH excluding ortho intramolecular Hbond substituents is 1. The van der Waals surface area contributed by atoms with Crippen molar-refractivity contribution in [3.05, 3.63) is 28.2 Å². The molecule has 3 fully saturated rings. The molecule has 22 heavy (non-hydrogen) atoms. The van der Waals surface area contributed by atoms with Gasteiger partial charge in [-0.25, -0.2) is 0 Å². The number of piperazine rings is 1. The van der Waals surface area contributed by atoms with Crippen LogP contribution in [0.1, 0.15) is 31.2 Å². The smallest absolute Gasteiger partial charge is 0.120 e. The van der Waals surface area contributed by atoms with E-state index in [-0.39, 0.29) is 0 Å².